The molecule has 0 aliphatic rings. The molecule has 0 radical (unpaired) electrons. The summed E-state index contributed by atoms with van der Waals surface area (Å²) in [6, 6.07) is 5.66. The van der Waals surface area contributed by atoms with Crippen LogP contribution in [0.3, 0.4) is 0 Å². The van der Waals surface area contributed by atoms with E-state index in [9.17, 15) is 0 Å². The van der Waals surface area contributed by atoms with E-state index in [-0.39, 0.29) is 6.61 Å². The van der Waals surface area contributed by atoms with Gasteiger partial charge < -0.3 is 14.9 Å². The van der Waals surface area contributed by atoms with Crippen LogP contribution in [0.5, 0.6) is 0 Å². The second-order valence-corrected chi connectivity index (χ2v) is 6.88. The van der Waals surface area contributed by atoms with Crippen LogP contribution in [-0.4, -0.2) is 39.0 Å². The Hall–Kier alpha value is -3.93. The van der Waals surface area contributed by atoms with Crippen LogP contribution in [0.25, 0.3) is 0 Å². The fraction of sp³-hybridized carbons (Fsp3) is 0.250. The Morgan fingerprint density at radius 1 is 1.15 bits per heavy atom. The minimum Gasteiger partial charge on any atom is -0.493 e. The monoisotopic (exact) mass is 460 g/mol. The number of oxime groups is 1. The van der Waals surface area contributed by atoms with Crippen molar-refractivity contribution >= 4 is 30.1 Å². The van der Waals surface area contributed by atoms with Crippen molar-refractivity contribution in [3.05, 3.63) is 95.9 Å². The maximum absolute atomic E-state index is 5.79. The molecule has 0 spiro atoms. The Labute approximate surface area is 204 Å². The Morgan fingerprint density at radius 3 is 2.56 bits per heavy atom. The van der Waals surface area contributed by atoms with E-state index in [1.165, 1.54) is 7.11 Å². The van der Waals surface area contributed by atoms with Crippen molar-refractivity contribution in [2.45, 2.75) is 27.7 Å². The molecule has 1 aromatic carbocycles. The molecule has 0 saturated carbocycles. The van der Waals surface area contributed by atoms with Gasteiger partial charge in [-0.15, -0.1) is 0 Å². The van der Waals surface area contributed by atoms with Gasteiger partial charge in [0.25, 0.3) is 0 Å². The molecule has 6 heteroatoms. The quantitative estimate of drug-likeness (QED) is 0.114. The van der Waals surface area contributed by atoms with E-state index in [0.29, 0.717) is 5.84 Å². The maximum atomic E-state index is 5.79. The number of aliphatic imine (C=N–C) groups is 2. The topological polar surface area (TPSA) is 67.6 Å². The van der Waals surface area contributed by atoms with Crippen LogP contribution in [0.4, 0.5) is 11.4 Å². The van der Waals surface area contributed by atoms with Crippen LogP contribution in [0.15, 0.2) is 105 Å². The molecule has 0 heterocycles. The van der Waals surface area contributed by atoms with Gasteiger partial charge in [0.1, 0.15) is 13.7 Å². The van der Waals surface area contributed by atoms with E-state index < -0.39 is 0 Å². The number of hydrogen-bond acceptors (Lipinski definition) is 5. The van der Waals surface area contributed by atoms with E-state index in [1.807, 2.05) is 76.3 Å². The first-order valence-corrected chi connectivity index (χ1v) is 11.1. The number of nitrogens with zero attached hydrogens (tertiary/aromatic N) is 3. The highest BCUT2D eigenvalue weighted by Gasteiger charge is 2.07. The second-order valence-electron chi connectivity index (χ2n) is 6.88. The normalized spacial score (nSPS) is 13.7. The van der Waals surface area contributed by atoms with Crippen molar-refractivity contribution in [3.8, 4) is 0 Å². The molecule has 0 saturated heterocycles. The minimum absolute atomic E-state index is 0.289. The highest BCUT2D eigenvalue weighted by Crippen LogP contribution is 2.26. The van der Waals surface area contributed by atoms with E-state index >= 15 is 0 Å². The molecule has 1 aromatic rings. The van der Waals surface area contributed by atoms with Gasteiger partial charge in [-0.3, -0.25) is 4.99 Å². The van der Waals surface area contributed by atoms with Gasteiger partial charge in [0.15, 0.2) is 5.84 Å². The van der Waals surface area contributed by atoms with Crippen LogP contribution in [0, 0.1) is 0 Å². The number of benzene rings is 1. The number of rotatable bonds is 13. The molecule has 0 amide bonds. The summed E-state index contributed by atoms with van der Waals surface area (Å²) in [6.45, 7) is 16.3. The van der Waals surface area contributed by atoms with Crippen molar-refractivity contribution in [3.63, 3.8) is 0 Å². The molecular formula is C28H36N4O2. The summed E-state index contributed by atoms with van der Waals surface area (Å²) in [5.74, 6) is 1.20. The summed E-state index contributed by atoms with van der Waals surface area (Å²) >= 11 is 0. The molecule has 0 fully saturated rings. The Balaban J connectivity index is 2.95. The number of hydrogen-bond donors (Lipinski definition) is 1. The van der Waals surface area contributed by atoms with Crippen LogP contribution in [-0.2, 0) is 9.57 Å². The lowest BCUT2D eigenvalue weighted by molar-refractivity contribution is 0.213. The van der Waals surface area contributed by atoms with E-state index in [4.69, 9.17) is 9.57 Å². The molecular weight excluding hydrogens is 424 g/mol. The Kier molecular flexibility index (Phi) is 13.8. The number of ether oxygens (including phenoxy) is 1. The van der Waals surface area contributed by atoms with Crippen molar-refractivity contribution in [1.82, 2.24) is 0 Å². The van der Waals surface area contributed by atoms with Gasteiger partial charge in [0.05, 0.1) is 17.1 Å². The van der Waals surface area contributed by atoms with Gasteiger partial charge in [-0.05, 0) is 69.8 Å². The largest absolute Gasteiger partial charge is 0.493 e. The zero-order valence-corrected chi connectivity index (χ0v) is 20.9. The van der Waals surface area contributed by atoms with Crippen LogP contribution in [0.1, 0.15) is 33.3 Å². The van der Waals surface area contributed by atoms with E-state index in [2.05, 4.69) is 45.9 Å². The molecule has 0 aliphatic heterocycles. The fourth-order valence-electron chi connectivity index (χ4n) is 2.89. The molecule has 1 rings (SSSR count). The Morgan fingerprint density at radius 2 is 1.94 bits per heavy atom. The lowest BCUT2D eigenvalue weighted by atomic mass is 10.0. The van der Waals surface area contributed by atoms with Gasteiger partial charge in [-0.1, -0.05) is 54.3 Å². The Bertz CT molecular complexity index is 1020. The minimum atomic E-state index is 0.289. The zero-order chi connectivity index (χ0) is 25.2. The molecule has 0 bridgehead atoms. The molecule has 1 N–H and O–H groups in total. The molecule has 180 valence electrons. The fourth-order valence-corrected chi connectivity index (χ4v) is 2.89. The van der Waals surface area contributed by atoms with Gasteiger partial charge in [0, 0.05) is 18.3 Å². The third kappa shape index (κ3) is 9.69. The maximum Gasteiger partial charge on any atom is 0.198 e. The average Bonchev–Trinajstić information content (AvgIpc) is 2.84. The van der Waals surface area contributed by atoms with Crippen molar-refractivity contribution in [2.75, 3.05) is 25.6 Å². The zero-order valence-electron chi connectivity index (χ0n) is 20.9. The summed E-state index contributed by atoms with van der Waals surface area (Å²) in [5.41, 5.74) is 4.58. The number of allylic oxidation sites excluding steroid dienone is 11. The smallest absolute Gasteiger partial charge is 0.198 e. The molecule has 0 aromatic heterocycles. The molecule has 6 nitrogen and oxygen atoms in total. The third-order valence-electron chi connectivity index (χ3n) is 4.47. The average molecular weight is 461 g/mol. The lowest BCUT2D eigenvalue weighted by Crippen LogP contribution is -2.04. The van der Waals surface area contributed by atoms with Gasteiger partial charge in [0.2, 0.25) is 0 Å². The van der Waals surface area contributed by atoms with Crippen LogP contribution in [0.2, 0.25) is 0 Å². The van der Waals surface area contributed by atoms with Gasteiger partial charge in [-0.2, -0.15) is 0 Å². The van der Waals surface area contributed by atoms with Gasteiger partial charge >= 0.3 is 0 Å². The van der Waals surface area contributed by atoms with E-state index in [1.54, 1.807) is 12.3 Å². The summed E-state index contributed by atoms with van der Waals surface area (Å²) in [7, 11) is 1.49. The first-order chi connectivity index (χ1) is 16.5. The summed E-state index contributed by atoms with van der Waals surface area (Å²) in [6.07, 6.45) is 17.4. The lowest BCUT2D eigenvalue weighted by Gasteiger charge is -2.09. The first-order valence-electron chi connectivity index (χ1n) is 11.1. The first kappa shape index (κ1) is 28.1. The standard InChI is InChI=1S/C28H36N4O2/c1-8-12-14-23(10-3)24(13-9-2)16-15-22(5)34-20-19-31-28(32-33-7)25-17-18-26(29-6)27(21-25)30-11-4/h8-10,12-19,21,30H,1,6,11,20H2,2-5,7H3/b13-9-,14-12-,22-15+,23-10+,24-16+,31-19?,32-28-. The van der Waals surface area contributed by atoms with Crippen LogP contribution >= 0.6 is 0 Å². The van der Waals surface area contributed by atoms with E-state index in [0.717, 1.165) is 40.4 Å². The number of anilines is 1. The molecule has 0 aliphatic carbocycles. The van der Waals surface area contributed by atoms with Crippen molar-refractivity contribution in [1.29, 1.82) is 0 Å². The second kappa shape index (κ2) is 16.7. The predicted octanol–water partition coefficient (Wildman–Crippen LogP) is 6.94. The SMILES string of the molecule is C=C\C=C/C(=C\C)C(/C=C\C)=C/C=C(\C)OCC=N/C(=N\OC)c1ccc(N=C)c(NCC)c1. The highest BCUT2D eigenvalue weighted by atomic mass is 16.6. The van der Waals surface area contributed by atoms with Crippen LogP contribution < -0.4 is 5.32 Å². The molecule has 0 unspecified atom stereocenters. The molecule has 34 heavy (non-hydrogen) atoms. The predicted molar refractivity (Wildman–Crippen MR) is 148 cm³/mol. The summed E-state index contributed by atoms with van der Waals surface area (Å²) < 4.78 is 5.79. The number of nitrogens with one attached hydrogen (secondary N) is 1. The number of amidine groups is 1. The summed E-state index contributed by atoms with van der Waals surface area (Å²) in [5, 5.41) is 7.30. The van der Waals surface area contributed by atoms with Gasteiger partial charge in [-0.25, -0.2) is 4.99 Å². The third-order valence-corrected chi connectivity index (χ3v) is 4.47. The highest BCUT2D eigenvalue weighted by molar-refractivity contribution is 6.04. The molecule has 0 atom stereocenters. The summed E-state index contributed by atoms with van der Waals surface area (Å²) in [4.78, 5) is 13.4. The van der Waals surface area contributed by atoms with Crippen molar-refractivity contribution < 1.29 is 9.57 Å². The van der Waals surface area contributed by atoms with Crippen molar-refractivity contribution in [2.24, 2.45) is 15.1 Å².